The van der Waals surface area contributed by atoms with Gasteiger partial charge < -0.3 is 19.9 Å². The van der Waals surface area contributed by atoms with E-state index in [4.69, 9.17) is 4.74 Å². The summed E-state index contributed by atoms with van der Waals surface area (Å²) in [5.74, 6) is 1.29. The molecule has 8 heteroatoms. The van der Waals surface area contributed by atoms with Crippen molar-refractivity contribution in [1.29, 1.82) is 0 Å². The minimum Gasteiger partial charge on any atom is -0.492 e. The molecule has 3 heterocycles. The number of aromatic amines is 1. The van der Waals surface area contributed by atoms with E-state index >= 15 is 0 Å². The molecule has 2 aliphatic rings. The van der Waals surface area contributed by atoms with E-state index < -0.39 is 0 Å². The molecule has 1 aromatic heterocycles. The molecule has 28 heavy (non-hydrogen) atoms. The van der Waals surface area contributed by atoms with Gasteiger partial charge in [-0.2, -0.15) is 0 Å². The van der Waals surface area contributed by atoms with Gasteiger partial charge in [-0.05, 0) is 31.9 Å². The summed E-state index contributed by atoms with van der Waals surface area (Å²) < 4.78 is 5.56. The Kier molecular flexibility index (Phi) is 5.18. The van der Waals surface area contributed by atoms with Gasteiger partial charge in [0.25, 0.3) is 5.56 Å². The predicted octanol–water partition coefficient (Wildman–Crippen LogP) is 2.36. The number of hydrogen-bond donors (Lipinski definition) is 2. The number of benzene rings is 1. The maximum atomic E-state index is 12.7. The van der Waals surface area contributed by atoms with E-state index in [9.17, 15) is 9.59 Å². The molecule has 1 fully saturated rings. The fraction of sp³-hybridized carbons (Fsp3) is 0.450. The molecule has 1 saturated heterocycles. The number of amides is 2. The number of nitrogens with one attached hydrogen (secondary N) is 2. The monoisotopic (exact) mass is 383 g/mol. The molecular weight excluding hydrogens is 358 g/mol. The lowest BCUT2D eigenvalue weighted by Crippen LogP contribution is -2.42. The summed E-state index contributed by atoms with van der Waals surface area (Å²) in [6.45, 7) is 5.04. The van der Waals surface area contributed by atoms with Crippen LogP contribution in [0.15, 0.2) is 29.1 Å². The summed E-state index contributed by atoms with van der Waals surface area (Å²) in [7, 11) is 0. The molecule has 2 aliphatic heterocycles. The molecule has 0 bridgehead atoms. The number of ether oxygens (including phenoxy) is 1. The van der Waals surface area contributed by atoms with Gasteiger partial charge in [0, 0.05) is 26.1 Å². The summed E-state index contributed by atoms with van der Waals surface area (Å²) in [5.41, 5.74) is 1.84. The summed E-state index contributed by atoms with van der Waals surface area (Å²) in [4.78, 5) is 36.7. The number of rotatable bonds is 4. The highest BCUT2D eigenvalue weighted by Gasteiger charge is 2.26. The number of nitrogens with zero attached hydrogens (tertiary/aromatic N) is 3. The number of H-pyrrole nitrogens is 1. The Balaban J connectivity index is 1.49. The van der Waals surface area contributed by atoms with Crippen molar-refractivity contribution in [2.75, 3.05) is 36.5 Å². The lowest BCUT2D eigenvalue weighted by atomic mass is 10.1. The minimum absolute atomic E-state index is 0.154. The first-order valence-electron chi connectivity index (χ1n) is 9.80. The number of hydrogen-bond acceptors (Lipinski definition) is 5. The van der Waals surface area contributed by atoms with Crippen LogP contribution in [0.1, 0.15) is 31.0 Å². The Morgan fingerprint density at radius 3 is 2.82 bits per heavy atom. The molecule has 8 nitrogen and oxygen atoms in total. The molecule has 1 aromatic carbocycles. The first kappa shape index (κ1) is 18.3. The molecule has 0 spiro atoms. The Hall–Kier alpha value is -3.03. The second-order valence-corrected chi connectivity index (χ2v) is 7.04. The van der Waals surface area contributed by atoms with Gasteiger partial charge in [0.2, 0.25) is 5.95 Å². The smallest absolute Gasteiger partial charge is 0.322 e. The van der Waals surface area contributed by atoms with Gasteiger partial charge in [-0.25, -0.2) is 9.78 Å². The summed E-state index contributed by atoms with van der Waals surface area (Å²) in [5, 5.41) is 2.89. The molecule has 2 N–H and O–H groups in total. The fourth-order valence-electron chi connectivity index (χ4n) is 3.71. The van der Waals surface area contributed by atoms with Crippen LogP contribution in [-0.2, 0) is 13.0 Å². The molecule has 0 radical (unpaired) electrons. The average Bonchev–Trinajstić information content (AvgIpc) is 3.24. The lowest BCUT2D eigenvalue weighted by molar-refractivity contribution is 0.205. The first-order valence-corrected chi connectivity index (χ1v) is 9.80. The summed E-state index contributed by atoms with van der Waals surface area (Å²) >= 11 is 0. The number of carbonyl (C=O) groups excluding carboxylic acids is 1. The second kappa shape index (κ2) is 7.92. The van der Waals surface area contributed by atoms with E-state index in [1.165, 1.54) is 0 Å². The summed E-state index contributed by atoms with van der Waals surface area (Å²) in [6, 6.07) is 7.08. The molecule has 2 aromatic rings. The number of carbonyl (C=O) groups is 1. The van der Waals surface area contributed by atoms with Crippen molar-refractivity contribution in [2.45, 2.75) is 32.7 Å². The molecule has 2 amide bonds. The molecule has 0 unspecified atom stereocenters. The van der Waals surface area contributed by atoms with E-state index in [2.05, 4.69) is 20.2 Å². The number of aromatic nitrogens is 2. The molecule has 0 atom stereocenters. The number of urea groups is 1. The van der Waals surface area contributed by atoms with Crippen LogP contribution in [0.2, 0.25) is 0 Å². The zero-order valence-electron chi connectivity index (χ0n) is 16.0. The Bertz CT molecular complexity index is 920. The van der Waals surface area contributed by atoms with Crippen molar-refractivity contribution in [3.05, 3.63) is 45.9 Å². The van der Waals surface area contributed by atoms with E-state index in [0.717, 1.165) is 31.6 Å². The highest BCUT2D eigenvalue weighted by Crippen LogP contribution is 2.25. The topological polar surface area (TPSA) is 90.6 Å². The minimum atomic E-state index is -0.249. The van der Waals surface area contributed by atoms with Crippen LogP contribution in [0.25, 0.3) is 0 Å². The Morgan fingerprint density at radius 2 is 2.04 bits per heavy atom. The van der Waals surface area contributed by atoms with Crippen molar-refractivity contribution in [1.82, 2.24) is 14.9 Å². The van der Waals surface area contributed by atoms with Crippen molar-refractivity contribution in [2.24, 2.45) is 0 Å². The van der Waals surface area contributed by atoms with E-state index in [1.54, 1.807) is 11.0 Å². The third-order valence-electron chi connectivity index (χ3n) is 5.18. The molecule has 4 rings (SSSR count). The van der Waals surface area contributed by atoms with Crippen LogP contribution in [-0.4, -0.2) is 47.1 Å². The Morgan fingerprint density at radius 1 is 1.25 bits per heavy atom. The van der Waals surface area contributed by atoms with E-state index in [1.807, 2.05) is 25.1 Å². The van der Waals surface area contributed by atoms with Crippen molar-refractivity contribution in [3.63, 3.8) is 0 Å². The maximum Gasteiger partial charge on any atom is 0.322 e. The number of anilines is 2. The maximum absolute atomic E-state index is 12.7. The molecular formula is C20H25N5O3. The fourth-order valence-corrected chi connectivity index (χ4v) is 3.71. The van der Waals surface area contributed by atoms with Crippen LogP contribution in [0, 0.1) is 0 Å². The summed E-state index contributed by atoms with van der Waals surface area (Å²) in [6.07, 6.45) is 2.82. The van der Waals surface area contributed by atoms with Crippen LogP contribution in [0.5, 0.6) is 5.75 Å². The average molecular weight is 383 g/mol. The van der Waals surface area contributed by atoms with Crippen molar-refractivity contribution in [3.8, 4) is 5.75 Å². The molecule has 0 aliphatic carbocycles. The quantitative estimate of drug-likeness (QED) is 0.846. The standard InChI is InChI=1S/C20H25N5O3/c1-2-28-17-8-4-3-7-16(17)22-20(27)25-12-9-15-14(13-25)18(26)23-19(21-15)24-10-5-6-11-24/h3-4,7-8H,2,5-6,9-13H2,1H3,(H,22,27)(H,21,23,26). The number of fused-ring (bicyclic) bond motifs is 1. The van der Waals surface area contributed by atoms with E-state index in [0.29, 0.717) is 42.5 Å². The SMILES string of the molecule is CCOc1ccccc1NC(=O)N1CCc2nc(N3CCCC3)[nH]c(=O)c2C1. The first-order chi connectivity index (χ1) is 13.7. The van der Waals surface area contributed by atoms with Crippen LogP contribution in [0.4, 0.5) is 16.4 Å². The third-order valence-corrected chi connectivity index (χ3v) is 5.18. The number of para-hydroxylation sites is 2. The predicted molar refractivity (Wildman–Crippen MR) is 107 cm³/mol. The van der Waals surface area contributed by atoms with Crippen LogP contribution >= 0.6 is 0 Å². The van der Waals surface area contributed by atoms with Gasteiger partial charge in [-0.3, -0.25) is 9.78 Å². The van der Waals surface area contributed by atoms with Gasteiger partial charge in [0.1, 0.15) is 5.75 Å². The lowest BCUT2D eigenvalue weighted by Gasteiger charge is -2.29. The third kappa shape index (κ3) is 3.67. The zero-order chi connectivity index (χ0) is 19.5. The molecule has 0 saturated carbocycles. The molecule has 148 valence electrons. The van der Waals surface area contributed by atoms with Gasteiger partial charge in [0.05, 0.1) is 30.1 Å². The van der Waals surface area contributed by atoms with Crippen LogP contribution < -0.4 is 20.5 Å². The highest BCUT2D eigenvalue weighted by atomic mass is 16.5. The van der Waals surface area contributed by atoms with Crippen LogP contribution in [0.3, 0.4) is 0 Å². The Labute approximate surface area is 163 Å². The van der Waals surface area contributed by atoms with Gasteiger partial charge in [-0.1, -0.05) is 12.1 Å². The van der Waals surface area contributed by atoms with Crippen molar-refractivity contribution >= 4 is 17.7 Å². The second-order valence-electron chi connectivity index (χ2n) is 7.04. The normalized spacial score (nSPS) is 16.0. The van der Waals surface area contributed by atoms with Gasteiger partial charge >= 0.3 is 6.03 Å². The van der Waals surface area contributed by atoms with Gasteiger partial charge in [0.15, 0.2) is 0 Å². The van der Waals surface area contributed by atoms with E-state index in [-0.39, 0.29) is 18.1 Å². The van der Waals surface area contributed by atoms with Crippen molar-refractivity contribution < 1.29 is 9.53 Å². The largest absolute Gasteiger partial charge is 0.492 e. The highest BCUT2D eigenvalue weighted by molar-refractivity contribution is 5.91. The van der Waals surface area contributed by atoms with Gasteiger partial charge in [-0.15, -0.1) is 0 Å². The zero-order valence-corrected chi connectivity index (χ0v) is 16.0.